The number of hydrogen-bond acceptors (Lipinski definition) is 2. The van der Waals surface area contributed by atoms with Gasteiger partial charge in [-0.3, -0.25) is 4.99 Å². The highest BCUT2D eigenvalue weighted by Gasteiger charge is 1.94. The number of nitrogens with two attached hydrogens (primary N) is 1. The van der Waals surface area contributed by atoms with Crippen LogP contribution in [0.3, 0.4) is 0 Å². The van der Waals surface area contributed by atoms with Crippen LogP contribution in [0.1, 0.15) is 13.3 Å². The van der Waals surface area contributed by atoms with Crippen LogP contribution in [0.25, 0.3) is 0 Å². The molecule has 0 radical (unpaired) electrons. The summed E-state index contributed by atoms with van der Waals surface area (Å²) in [6, 6.07) is 7.25. The maximum absolute atomic E-state index is 5.76. The number of ether oxygens (including phenoxy) is 1. The number of benzene rings is 1. The summed E-state index contributed by atoms with van der Waals surface area (Å²) in [7, 11) is 0. The summed E-state index contributed by atoms with van der Waals surface area (Å²) in [6.45, 7) is 3.96. The van der Waals surface area contributed by atoms with Crippen LogP contribution < -0.4 is 15.8 Å². The molecule has 4 nitrogen and oxygen atoms in total. The van der Waals surface area contributed by atoms with E-state index in [1.165, 1.54) is 0 Å². The molecule has 6 heteroatoms. The molecular formula is C12H19ClIN3O. The summed E-state index contributed by atoms with van der Waals surface area (Å²) in [4.78, 5) is 4.11. The summed E-state index contributed by atoms with van der Waals surface area (Å²) >= 11 is 5.76. The Hall–Kier alpha value is -0.690. The van der Waals surface area contributed by atoms with E-state index in [4.69, 9.17) is 22.1 Å². The van der Waals surface area contributed by atoms with Gasteiger partial charge in [0.25, 0.3) is 0 Å². The van der Waals surface area contributed by atoms with E-state index in [-0.39, 0.29) is 24.0 Å². The molecular weight excluding hydrogens is 365 g/mol. The van der Waals surface area contributed by atoms with Crippen LogP contribution in [0.4, 0.5) is 0 Å². The van der Waals surface area contributed by atoms with Crippen LogP contribution in [-0.4, -0.2) is 25.7 Å². The van der Waals surface area contributed by atoms with Crippen LogP contribution in [0, 0.1) is 0 Å². The summed E-state index contributed by atoms with van der Waals surface area (Å²) in [5.41, 5.74) is 5.62. The van der Waals surface area contributed by atoms with E-state index in [1.54, 1.807) is 12.1 Å². The summed E-state index contributed by atoms with van der Waals surface area (Å²) < 4.78 is 5.48. The number of nitrogens with zero attached hydrogens (tertiary/aromatic N) is 1. The Bertz CT molecular complexity index is 357. The molecule has 0 atom stereocenters. The second-order valence-electron chi connectivity index (χ2n) is 3.50. The standard InChI is InChI=1S/C12H18ClN3O.HI/c1-2-7-15-12(14)16-8-9-17-11-5-3-10(13)4-6-11;/h3-6H,2,7-9H2,1H3,(H3,14,15,16);1H. The van der Waals surface area contributed by atoms with Crippen molar-refractivity contribution in [3.63, 3.8) is 0 Å². The van der Waals surface area contributed by atoms with Crippen molar-refractivity contribution in [2.24, 2.45) is 10.7 Å². The Morgan fingerprint density at radius 2 is 2.06 bits per heavy atom. The van der Waals surface area contributed by atoms with Crippen molar-refractivity contribution >= 4 is 41.5 Å². The van der Waals surface area contributed by atoms with Gasteiger partial charge in [-0.25, -0.2) is 0 Å². The number of rotatable bonds is 6. The fourth-order valence-corrected chi connectivity index (χ4v) is 1.29. The van der Waals surface area contributed by atoms with E-state index in [2.05, 4.69) is 17.2 Å². The smallest absolute Gasteiger partial charge is 0.188 e. The van der Waals surface area contributed by atoms with Gasteiger partial charge in [0.1, 0.15) is 12.4 Å². The van der Waals surface area contributed by atoms with Crippen molar-refractivity contribution in [3.05, 3.63) is 29.3 Å². The molecule has 0 fully saturated rings. The van der Waals surface area contributed by atoms with Gasteiger partial charge in [0.15, 0.2) is 5.96 Å². The molecule has 0 amide bonds. The molecule has 0 aromatic heterocycles. The third-order valence-electron chi connectivity index (χ3n) is 2.00. The lowest BCUT2D eigenvalue weighted by Crippen LogP contribution is -2.34. The van der Waals surface area contributed by atoms with Crippen molar-refractivity contribution < 1.29 is 4.74 Å². The molecule has 0 spiro atoms. The summed E-state index contributed by atoms with van der Waals surface area (Å²) in [5, 5.41) is 3.68. The van der Waals surface area contributed by atoms with Crippen molar-refractivity contribution in [1.29, 1.82) is 0 Å². The Labute approximate surface area is 130 Å². The normalized spacial score (nSPS) is 10.7. The third kappa shape index (κ3) is 7.60. The Kier molecular flexibility index (Phi) is 9.86. The van der Waals surface area contributed by atoms with Gasteiger partial charge in [0.05, 0.1) is 6.54 Å². The second-order valence-corrected chi connectivity index (χ2v) is 3.93. The van der Waals surface area contributed by atoms with E-state index in [1.807, 2.05) is 12.1 Å². The van der Waals surface area contributed by atoms with Crippen LogP contribution >= 0.6 is 35.6 Å². The molecule has 0 saturated carbocycles. The van der Waals surface area contributed by atoms with Crippen molar-refractivity contribution in [1.82, 2.24) is 5.32 Å². The average molecular weight is 384 g/mol. The van der Waals surface area contributed by atoms with Crippen molar-refractivity contribution in [2.75, 3.05) is 19.7 Å². The SMILES string of the molecule is CCCN=C(N)NCCOc1ccc(Cl)cc1.I. The molecule has 0 aliphatic carbocycles. The third-order valence-corrected chi connectivity index (χ3v) is 2.25. The monoisotopic (exact) mass is 383 g/mol. The molecule has 1 aromatic carbocycles. The van der Waals surface area contributed by atoms with Crippen molar-refractivity contribution in [3.8, 4) is 5.75 Å². The Morgan fingerprint density at radius 3 is 2.67 bits per heavy atom. The van der Waals surface area contributed by atoms with E-state index >= 15 is 0 Å². The summed E-state index contributed by atoms with van der Waals surface area (Å²) in [6.07, 6.45) is 0.990. The molecule has 18 heavy (non-hydrogen) atoms. The van der Waals surface area contributed by atoms with E-state index in [9.17, 15) is 0 Å². The zero-order valence-corrected chi connectivity index (χ0v) is 13.4. The van der Waals surface area contributed by atoms with Crippen LogP contribution in [0.15, 0.2) is 29.3 Å². The minimum Gasteiger partial charge on any atom is -0.492 e. The van der Waals surface area contributed by atoms with Gasteiger partial charge < -0.3 is 15.8 Å². The molecule has 0 saturated heterocycles. The molecule has 1 rings (SSSR count). The van der Waals surface area contributed by atoms with Gasteiger partial charge in [-0.2, -0.15) is 0 Å². The fourth-order valence-electron chi connectivity index (χ4n) is 1.17. The second kappa shape index (κ2) is 10.3. The van der Waals surface area contributed by atoms with E-state index < -0.39 is 0 Å². The van der Waals surface area contributed by atoms with Crippen LogP contribution in [-0.2, 0) is 0 Å². The molecule has 3 N–H and O–H groups in total. The number of hydrogen-bond donors (Lipinski definition) is 2. The zero-order valence-electron chi connectivity index (χ0n) is 10.4. The molecule has 0 bridgehead atoms. The topological polar surface area (TPSA) is 59.6 Å². The molecule has 0 heterocycles. The van der Waals surface area contributed by atoms with Gasteiger partial charge in [-0.05, 0) is 30.7 Å². The van der Waals surface area contributed by atoms with Crippen molar-refractivity contribution in [2.45, 2.75) is 13.3 Å². The molecule has 0 aliphatic rings. The molecule has 0 aliphatic heterocycles. The first-order valence-electron chi connectivity index (χ1n) is 5.64. The number of aliphatic imine (C=N–C) groups is 1. The Balaban J connectivity index is 0.00000289. The van der Waals surface area contributed by atoms with E-state index in [0.717, 1.165) is 18.7 Å². The molecule has 102 valence electrons. The first kappa shape index (κ1) is 17.3. The molecule has 0 unspecified atom stereocenters. The maximum atomic E-state index is 5.76. The quantitative estimate of drug-likeness (QED) is 0.344. The van der Waals surface area contributed by atoms with Gasteiger partial charge in [-0.1, -0.05) is 18.5 Å². The van der Waals surface area contributed by atoms with E-state index in [0.29, 0.717) is 24.1 Å². The highest BCUT2D eigenvalue weighted by molar-refractivity contribution is 14.0. The minimum absolute atomic E-state index is 0. The predicted octanol–water partition coefficient (Wildman–Crippen LogP) is 2.65. The lowest BCUT2D eigenvalue weighted by molar-refractivity contribution is 0.322. The van der Waals surface area contributed by atoms with Gasteiger partial charge in [0, 0.05) is 11.6 Å². The number of nitrogens with one attached hydrogen (secondary N) is 1. The first-order valence-corrected chi connectivity index (χ1v) is 6.02. The summed E-state index contributed by atoms with van der Waals surface area (Å²) in [5.74, 6) is 1.26. The number of guanidine groups is 1. The Morgan fingerprint density at radius 1 is 1.39 bits per heavy atom. The van der Waals surface area contributed by atoms with Crippen LogP contribution in [0.5, 0.6) is 5.75 Å². The van der Waals surface area contributed by atoms with Crippen LogP contribution in [0.2, 0.25) is 5.02 Å². The van der Waals surface area contributed by atoms with Gasteiger partial charge in [0.2, 0.25) is 0 Å². The maximum Gasteiger partial charge on any atom is 0.188 e. The fraction of sp³-hybridized carbons (Fsp3) is 0.417. The number of halogens is 2. The molecule has 1 aromatic rings. The zero-order chi connectivity index (χ0) is 12.5. The minimum atomic E-state index is 0. The van der Waals surface area contributed by atoms with Gasteiger partial charge in [-0.15, -0.1) is 24.0 Å². The predicted molar refractivity (Wildman–Crippen MR) is 87.1 cm³/mol. The lowest BCUT2D eigenvalue weighted by atomic mass is 10.3. The first-order chi connectivity index (χ1) is 8.22. The lowest BCUT2D eigenvalue weighted by Gasteiger charge is -2.08. The highest BCUT2D eigenvalue weighted by atomic mass is 127. The highest BCUT2D eigenvalue weighted by Crippen LogP contribution is 2.14. The van der Waals surface area contributed by atoms with Gasteiger partial charge >= 0.3 is 0 Å². The average Bonchev–Trinajstić information content (AvgIpc) is 2.34. The largest absolute Gasteiger partial charge is 0.492 e.